The van der Waals surface area contributed by atoms with E-state index in [1.54, 1.807) is 18.2 Å². The van der Waals surface area contributed by atoms with Gasteiger partial charge < -0.3 is 10.2 Å². The number of aryl methyl sites for hydroxylation is 1. The molecule has 2 aromatic rings. The van der Waals surface area contributed by atoms with E-state index in [1.165, 1.54) is 11.1 Å². The number of hydrogen-bond acceptors (Lipinski definition) is 2. The van der Waals surface area contributed by atoms with Gasteiger partial charge >= 0.3 is 0 Å². The molecular formula is C19H21Cl2N3S. The summed E-state index contributed by atoms with van der Waals surface area (Å²) < 4.78 is 0. The zero-order valence-electron chi connectivity index (χ0n) is 14.1. The molecule has 0 spiro atoms. The maximum absolute atomic E-state index is 6.20. The van der Waals surface area contributed by atoms with Gasteiger partial charge in [-0.15, -0.1) is 0 Å². The Morgan fingerprint density at radius 3 is 2.52 bits per heavy atom. The Labute approximate surface area is 164 Å². The number of piperazine rings is 1. The molecule has 3 nitrogen and oxygen atoms in total. The van der Waals surface area contributed by atoms with Gasteiger partial charge in [0.1, 0.15) is 0 Å². The maximum atomic E-state index is 6.20. The molecule has 0 amide bonds. The predicted molar refractivity (Wildman–Crippen MR) is 111 cm³/mol. The molecular weight excluding hydrogens is 373 g/mol. The number of rotatable bonds is 3. The van der Waals surface area contributed by atoms with E-state index in [0.717, 1.165) is 38.4 Å². The van der Waals surface area contributed by atoms with Crippen molar-refractivity contribution in [2.75, 3.05) is 31.5 Å². The lowest BCUT2D eigenvalue weighted by Crippen LogP contribution is -2.49. The average Bonchev–Trinajstić information content (AvgIpc) is 2.61. The lowest BCUT2D eigenvalue weighted by Gasteiger charge is -2.36. The molecule has 1 heterocycles. The van der Waals surface area contributed by atoms with Crippen LogP contribution < -0.4 is 5.32 Å². The minimum Gasteiger partial charge on any atom is -0.346 e. The lowest BCUT2D eigenvalue weighted by molar-refractivity contribution is 0.176. The van der Waals surface area contributed by atoms with Crippen LogP contribution in [0.3, 0.4) is 0 Å². The fourth-order valence-electron chi connectivity index (χ4n) is 2.93. The summed E-state index contributed by atoms with van der Waals surface area (Å²) in [5, 5.41) is 5.16. The van der Waals surface area contributed by atoms with Crippen molar-refractivity contribution < 1.29 is 0 Å². The summed E-state index contributed by atoms with van der Waals surface area (Å²) >= 11 is 17.8. The molecule has 0 atom stereocenters. The smallest absolute Gasteiger partial charge is 0.173 e. The zero-order valence-corrected chi connectivity index (χ0v) is 16.5. The van der Waals surface area contributed by atoms with E-state index < -0.39 is 0 Å². The molecule has 0 radical (unpaired) electrons. The number of nitrogens with one attached hydrogen (secondary N) is 1. The number of nitrogens with zero attached hydrogens (tertiary/aromatic N) is 2. The molecule has 6 heteroatoms. The molecule has 1 N–H and O–H groups in total. The highest BCUT2D eigenvalue weighted by molar-refractivity contribution is 7.80. The van der Waals surface area contributed by atoms with Crippen LogP contribution in [0.4, 0.5) is 5.69 Å². The van der Waals surface area contributed by atoms with Crippen LogP contribution in [0.15, 0.2) is 42.5 Å². The second-order valence-electron chi connectivity index (χ2n) is 6.24. The Morgan fingerprint density at radius 2 is 1.80 bits per heavy atom. The molecule has 0 aromatic heterocycles. The summed E-state index contributed by atoms with van der Waals surface area (Å²) in [4.78, 5) is 4.65. The van der Waals surface area contributed by atoms with E-state index in [1.807, 2.05) is 0 Å². The SMILES string of the molecule is Cc1ccccc1CN1CCN(C(=S)Nc2cc(Cl)ccc2Cl)CC1. The highest BCUT2D eigenvalue weighted by atomic mass is 35.5. The van der Waals surface area contributed by atoms with Gasteiger partial charge in [-0.25, -0.2) is 0 Å². The molecule has 1 saturated heterocycles. The van der Waals surface area contributed by atoms with Gasteiger partial charge in [0.15, 0.2) is 5.11 Å². The molecule has 0 aliphatic carbocycles. The van der Waals surface area contributed by atoms with Crippen molar-refractivity contribution in [1.29, 1.82) is 0 Å². The van der Waals surface area contributed by atoms with Gasteiger partial charge in [0.25, 0.3) is 0 Å². The Morgan fingerprint density at radius 1 is 1.08 bits per heavy atom. The van der Waals surface area contributed by atoms with Crippen molar-refractivity contribution in [2.24, 2.45) is 0 Å². The van der Waals surface area contributed by atoms with Crippen LogP contribution in [0.5, 0.6) is 0 Å². The molecule has 0 unspecified atom stereocenters. The lowest BCUT2D eigenvalue weighted by atomic mass is 10.1. The summed E-state index contributed by atoms with van der Waals surface area (Å²) in [5.41, 5.74) is 3.49. The minimum atomic E-state index is 0.616. The van der Waals surface area contributed by atoms with Crippen molar-refractivity contribution in [3.8, 4) is 0 Å². The topological polar surface area (TPSA) is 18.5 Å². The van der Waals surface area contributed by atoms with Gasteiger partial charge in [0.05, 0.1) is 10.7 Å². The standard InChI is InChI=1S/C19H21Cl2N3S/c1-14-4-2-3-5-15(14)13-23-8-10-24(11-9-23)19(25)22-18-12-16(20)6-7-17(18)21/h2-7,12H,8-11,13H2,1H3,(H,22,25). The first-order valence-electron chi connectivity index (χ1n) is 8.31. The Kier molecular flexibility index (Phi) is 6.18. The van der Waals surface area contributed by atoms with E-state index in [4.69, 9.17) is 35.4 Å². The number of benzene rings is 2. The predicted octanol–water partition coefficient (Wildman–Crippen LogP) is 4.82. The van der Waals surface area contributed by atoms with Gasteiger partial charge in [-0.3, -0.25) is 4.90 Å². The van der Waals surface area contributed by atoms with Gasteiger partial charge in [-0.1, -0.05) is 47.5 Å². The first-order chi connectivity index (χ1) is 12.0. The Hall–Kier alpha value is -1.33. The van der Waals surface area contributed by atoms with Crippen LogP contribution in [-0.2, 0) is 6.54 Å². The Balaban J connectivity index is 1.54. The fraction of sp³-hybridized carbons (Fsp3) is 0.316. The van der Waals surface area contributed by atoms with Gasteiger partial charge in [-0.05, 0) is 48.5 Å². The highest BCUT2D eigenvalue weighted by Gasteiger charge is 2.20. The molecule has 1 aliphatic rings. The monoisotopic (exact) mass is 393 g/mol. The summed E-state index contributed by atoms with van der Waals surface area (Å²) in [6, 6.07) is 13.9. The van der Waals surface area contributed by atoms with Crippen LogP contribution in [0.25, 0.3) is 0 Å². The fourth-order valence-corrected chi connectivity index (χ4v) is 3.55. The van der Waals surface area contributed by atoms with E-state index in [-0.39, 0.29) is 0 Å². The van der Waals surface area contributed by atoms with Crippen LogP contribution >= 0.6 is 35.4 Å². The molecule has 2 aromatic carbocycles. The largest absolute Gasteiger partial charge is 0.346 e. The van der Waals surface area contributed by atoms with E-state index in [9.17, 15) is 0 Å². The van der Waals surface area contributed by atoms with E-state index in [0.29, 0.717) is 15.2 Å². The first-order valence-corrected chi connectivity index (χ1v) is 9.47. The second kappa shape index (κ2) is 8.37. The summed E-state index contributed by atoms with van der Waals surface area (Å²) in [6.45, 7) is 6.92. The molecule has 1 aliphatic heterocycles. The maximum Gasteiger partial charge on any atom is 0.173 e. The van der Waals surface area contributed by atoms with Crippen molar-refractivity contribution >= 4 is 46.2 Å². The van der Waals surface area contributed by atoms with E-state index >= 15 is 0 Å². The average molecular weight is 394 g/mol. The first kappa shape index (κ1) is 18.5. The number of thiocarbonyl (C=S) groups is 1. The highest BCUT2D eigenvalue weighted by Crippen LogP contribution is 2.26. The number of hydrogen-bond donors (Lipinski definition) is 1. The van der Waals surface area contributed by atoms with E-state index in [2.05, 4.69) is 46.3 Å². The van der Waals surface area contributed by atoms with Crippen LogP contribution in [-0.4, -0.2) is 41.1 Å². The van der Waals surface area contributed by atoms with Gasteiger partial charge in [0, 0.05) is 37.7 Å². The molecule has 0 saturated carbocycles. The van der Waals surface area contributed by atoms with Crippen LogP contribution in [0.2, 0.25) is 10.0 Å². The summed E-state index contributed by atoms with van der Waals surface area (Å²) in [5.74, 6) is 0. The third kappa shape index (κ3) is 4.85. The third-order valence-electron chi connectivity index (χ3n) is 4.48. The number of halogens is 2. The Bertz CT molecular complexity index is 758. The molecule has 3 rings (SSSR count). The van der Waals surface area contributed by atoms with Crippen molar-refractivity contribution in [3.63, 3.8) is 0 Å². The molecule has 1 fully saturated rings. The third-order valence-corrected chi connectivity index (χ3v) is 5.41. The molecule has 25 heavy (non-hydrogen) atoms. The van der Waals surface area contributed by atoms with Crippen molar-refractivity contribution in [2.45, 2.75) is 13.5 Å². The zero-order chi connectivity index (χ0) is 17.8. The van der Waals surface area contributed by atoms with Crippen LogP contribution in [0, 0.1) is 6.92 Å². The van der Waals surface area contributed by atoms with Gasteiger partial charge in [-0.2, -0.15) is 0 Å². The number of anilines is 1. The van der Waals surface area contributed by atoms with Crippen molar-refractivity contribution in [3.05, 3.63) is 63.6 Å². The summed E-state index contributed by atoms with van der Waals surface area (Å²) in [7, 11) is 0. The normalized spacial score (nSPS) is 15.2. The second-order valence-corrected chi connectivity index (χ2v) is 7.47. The molecule has 0 bridgehead atoms. The van der Waals surface area contributed by atoms with Crippen LogP contribution in [0.1, 0.15) is 11.1 Å². The quantitative estimate of drug-likeness (QED) is 0.753. The minimum absolute atomic E-state index is 0.616. The summed E-state index contributed by atoms with van der Waals surface area (Å²) in [6.07, 6.45) is 0. The van der Waals surface area contributed by atoms with Crippen molar-refractivity contribution in [1.82, 2.24) is 9.80 Å². The van der Waals surface area contributed by atoms with Gasteiger partial charge in [0.2, 0.25) is 0 Å². The molecule has 132 valence electrons.